The van der Waals surface area contributed by atoms with E-state index >= 15 is 0 Å². The average molecular weight is 236 g/mol. The van der Waals surface area contributed by atoms with Crippen molar-refractivity contribution in [2.45, 2.75) is 0 Å². The molecule has 0 fully saturated rings. The van der Waals surface area contributed by atoms with Crippen LogP contribution in [0.25, 0.3) is 0 Å². The van der Waals surface area contributed by atoms with Crippen molar-refractivity contribution >= 4 is 5.97 Å². The molecule has 0 heterocycles. The lowest BCUT2D eigenvalue weighted by molar-refractivity contribution is -0.146. The molecular formula is C10H20O6. The Morgan fingerprint density at radius 2 is 1.31 bits per heavy atom. The molecular weight excluding hydrogens is 216 g/mol. The third kappa shape index (κ3) is 11.4. The Balaban J connectivity index is 2.96. The van der Waals surface area contributed by atoms with E-state index in [1.165, 1.54) is 7.11 Å². The molecule has 0 radical (unpaired) electrons. The van der Waals surface area contributed by atoms with Crippen LogP contribution >= 0.6 is 0 Å². The summed E-state index contributed by atoms with van der Waals surface area (Å²) >= 11 is 0. The zero-order valence-electron chi connectivity index (χ0n) is 9.90. The highest BCUT2D eigenvalue weighted by molar-refractivity contribution is 5.70. The molecule has 0 aliphatic heterocycles. The molecule has 0 saturated carbocycles. The van der Waals surface area contributed by atoms with Gasteiger partial charge in [0.25, 0.3) is 0 Å². The number of esters is 1. The first-order valence-electron chi connectivity index (χ1n) is 5.10. The Labute approximate surface area is 95.8 Å². The van der Waals surface area contributed by atoms with Crippen LogP contribution in [0.4, 0.5) is 0 Å². The van der Waals surface area contributed by atoms with Crippen LogP contribution in [0.2, 0.25) is 0 Å². The SMILES string of the molecule is COCCOCCOCCOCC(=O)OC. The first-order chi connectivity index (χ1) is 7.81. The molecule has 0 unspecified atom stereocenters. The molecule has 0 aromatic heterocycles. The lowest BCUT2D eigenvalue weighted by Gasteiger charge is -2.05. The molecule has 0 saturated heterocycles. The molecule has 6 nitrogen and oxygen atoms in total. The number of hydrogen-bond donors (Lipinski definition) is 0. The minimum absolute atomic E-state index is 0.0375. The lowest BCUT2D eigenvalue weighted by Crippen LogP contribution is -2.15. The zero-order valence-corrected chi connectivity index (χ0v) is 9.90. The van der Waals surface area contributed by atoms with E-state index in [-0.39, 0.29) is 12.6 Å². The first kappa shape index (κ1) is 15.3. The standard InChI is InChI=1S/C10H20O6/c1-12-3-4-14-5-6-15-7-8-16-9-10(11)13-2/h3-9H2,1-2H3. The van der Waals surface area contributed by atoms with Crippen molar-refractivity contribution < 1.29 is 28.5 Å². The van der Waals surface area contributed by atoms with E-state index in [9.17, 15) is 4.79 Å². The second-order valence-electron chi connectivity index (χ2n) is 2.85. The van der Waals surface area contributed by atoms with E-state index in [4.69, 9.17) is 18.9 Å². The van der Waals surface area contributed by atoms with Crippen molar-refractivity contribution in [2.75, 3.05) is 60.5 Å². The summed E-state index contributed by atoms with van der Waals surface area (Å²) in [4.78, 5) is 10.6. The van der Waals surface area contributed by atoms with Crippen LogP contribution < -0.4 is 0 Å². The van der Waals surface area contributed by atoms with Crippen LogP contribution in [0, 0.1) is 0 Å². The summed E-state index contributed by atoms with van der Waals surface area (Å²) < 4.78 is 24.5. The topological polar surface area (TPSA) is 63.2 Å². The molecule has 0 aliphatic carbocycles. The van der Waals surface area contributed by atoms with Crippen molar-refractivity contribution in [2.24, 2.45) is 0 Å². The van der Waals surface area contributed by atoms with Gasteiger partial charge in [0.05, 0.1) is 46.8 Å². The van der Waals surface area contributed by atoms with Gasteiger partial charge < -0.3 is 23.7 Å². The summed E-state index contributed by atoms with van der Waals surface area (Å²) in [5, 5.41) is 0. The molecule has 6 heteroatoms. The van der Waals surface area contributed by atoms with Crippen molar-refractivity contribution in [3.63, 3.8) is 0 Å². The van der Waals surface area contributed by atoms with Crippen molar-refractivity contribution in [1.82, 2.24) is 0 Å². The smallest absolute Gasteiger partial charge is 0.331 e. The number of ether oxygens (including phenoxy) is 5. The Bertz CT molecular complexity index is 161. The van der Waals surface area contributed by atoms with Crippen LogP contribution in [0.1, 0.15) is 0 Å². The molecule has 0 amide bonds. The van der Waals surface area contributed by atoms with Crippen LogP contribution in [-0.2, 0) is 28.5 Å². The minimum atomic E-state index is -0.386. The number of carbonyl (C=O) groups is 1. The molecule has 0 aliphatic rings. The van der Waals surface area contributed by atoms with Gasteiger partial charge in [-0.25, -0.2) is 4.79 Å². The van der Waals surface area contributed by atoms with Gasteiger partial charge in [-0.1, -0.05) is 0 Å². The normalized spacial score (nSPS) is 10.4. The summed E-state index contributed by atoms with van der Waals surface area (Å²) in [6.45, 7) is 2.95. The fourth-order valence-corrected chi connectivity index (χ4v) is 0.797. The monoisotopic (exact) mass is 236 g/mol. The molecule has 0 N–H and O–H groups in total. The van der Waals surface area contributed by atoms with Gasteiger partial charge >= 0.3 is 5.97 Å². The number of hydrogen-bond acceptors (Lipinski definition) is 6. The number of rotatable bonds is 11. The van der Waals surface area contributed by atoms with Gasteiger partial charge in [0, 0.05) is 7.11 Å². The highest BCUT2D eigenvalue weighted by atomic mass is 16.6. The molecule has 0 bridgehead atoms. The van der Waals surface area contributed by atoms with Gasteiger partial charge in [0.1, 0.15) is 6.61 Å². The Kier molecular flexibility index (Phi) is 11.8. The summed E-state index contributed by atoms with van der Waals surface area (Å²) in [7, 11) is 2.94. The van der Waals surface area contributed by atoms with E-state index in [0.29, 0.717) is 39.6 Å². The summed E-state index contributed by atoms with van der Waals surface area (Å²) in [6, 6.07) is 0. The quantitative estimate of drug-likeness (QED) is 0.367. The van der Waals surface area contributed by atoms with Gasteiger partial charge in [0.15, 0.2) is 0 Å². The maximum Gasteiger partial charge on any atom is 0.331 e. The van der Waals surface area contributed by atoms with Crippen LogP contribution in [0.5, 0.6) is 0 Å². The van der Waals surface area contributed by atoms with Crippen molar-refractivity contribution in [3.05, 3.63) is 0 Å². The third-order valence-electron chi connectivity index (χ3n) is 1.62. The van der Waals surface area contributed by atoms with Gasteiger partial charge in [0.2, 0.25) is 0 Å². The van der Waals surface area contributed by atoms with Gasteiger partial charge in [-0.3, -0.25) is 0 Å². The maximum absolute atomic E-state index is 10.6. The number of methoxy groups -OCH3 is 2. The van der Waals surface area contributed by atoms with Crippen LogP contribution in [-0.4, -0.2) is 66.4 Å². The molecule has 0 atom stereocenters. The van der Waals surface area contributed by atoms with Crippen LogP contribution in [0.3, 0.4) is 0 Å². The Morgan fingerprint density at radius 1 is 0.812 bits per heavy atom. The van der Waals surface area contributed by atoms with Crippen molar-refractivity contribution in [3.8, 4) is 0 Å². The van der Waals surface area contributed by atoms with Crippen molar-refractivity contribution in [1.29, 1.82) is 0 Å². The van der Waals surface area contributed by atoms with E-state index in [1.54, 1.807) is 7.11 Å². The first-order valence-corrected chi connectivity index (χ1v) is 5.10. The summed E-state index contributed by atoms with van der Waals surface area (Å²) in [6.07, 6.45) is 0. The van der Waals surface area contributed by atoms with Crippen LogP contribution in [0.15, 0.2) is 0 Å². The third-order valence-corrected chi connectivity index (χ3v) is 1.62. The lowest BCUT2D eigenvalue weighted by atomic mass is 10.7. The average Bonchev–Trinajstić information content (AvgIpc) is 2.31. The second-order valence-corrected chi connectivity index (χ2v) is 2.85. The van der Waals surface area contributed by atoms with E-state index in [0.717, 1.165) is 0 Å². The summed E-state index contributed by atoms with van der Waals surface area (Å²) in [5.74, 6) is -0.386. The Hall–Kier alpha value is -0.690. The second kappa shape index (κ2) is 12.4. The fraction of sp³-hybridized carbons (Fsp3) is 0.900. The zero-order chi connectivity index (χ0) is 12.1. The summed E-state index contributed by atoms with van der Waals surface area (Å²) in [5.41, 5.74) is 0. The van der Waals surface area contributed by atoms with E-state index < -0.39 is 0 Å². The van der Waals surface area contributed by atoms with E-state index in [1.807, 2.05) is 0 Å². The molecule has 0 aromatic carbocycles. The number of carbonyl (C=O) groups excluding carboxylic acids is 1. The van der Waals surface area contributed by atoms with Gasteiger partial charge in [-0.05, 0) is 0 Å². The molecule has 96 valence electrons. The molecule has 0 spiro atoms. The van der Waals surface area contributed by atoms with E-state index in [2.05, 4.69) is 4.74 Å². The molecule has 0 aromatic rings. The van der Waals surface area contributed by atoms with Gasteiger partial charge in [-0.2, -0.15) is 0 Å². The predicted molar refractivity (Wildman–Crippen MR) is 56.3 cm³/mol. The van der Waals surface area contributed by atoms with Gasteiger partial charge in [-0.15, -0.1) is 0 Å². The Morgan fingerprint density at radius 3 is 1.81 bits per heavy atom. The maximum atomic E-state index is 10.6. The largest absolute Gasteiger partial charge is 0.467 e. The minimum Gasteiger partial charge on any atom is -0.467 e. The highest BCUT2D eigenvalue weighted by Crippen LogP contribution is 1.82. The predicted octanol–water partition coefficient (Wildman–Crippen LogP) is -0.144. The molecule has 0 rings (SSSR count). The fourth-order valence-electron chi connectivity index (χ4n) is 0.797. The highest BCUT2D eigenvalue weighted by Gasteiger charge is 1.98. The molecule has 16 heavy (non-hydrogen) atoms.